The van der Waals surface area contributed by atoms with Crippen molar-refractivity contribution in [1.29, 1.82) is 0 Å². The van der Waals surface area contributed by atoms with Crippen LogP contribution in [0.15, 0.2) is 60.7 Å². The van der Waals surface area contributed by atoms with Gasteiger partial charge in [0.05, 0.1) is 5.92 Å². The second-order valence-electron chi connectivity index (χ2n) is 5.86. The van der Waals surface area contributed by atoms with Crippen molar-refractivity contribution < 1.29 is 4.79 Å². The zero-order valence-corrected chi connectivity index (χ0v) is 13.7. The van der Waals surface area contributed by atoms with Crippen LogP contribution in [0, 0.1) is 0 Å². The van der Waals surface area contributed by atoms with E-state index in [1.54, 1.807) is 0 Å². The smallest absolute Gasteiger partial charge is 0.230 e. The second-order valence-corrected chi connectivity index (χ2v) is 5.86. The quantitative estimate of drug-likeness (QED) is 0.779. The third-order valence-corrected chi connectivity index (χ3v) is 4.29. The minimum atomic E-state index is -0.0515. The summed E-state index contributed by atoms with van der Waals surface area (Å²) in [5, 5.41) is 0. The van der Waals surface area contributed by atoms with Crippen molar-refractivity contribution in [2.45, 2.75) is 38.6 Å². The summed E-state index contributed by atoms with van der Waals surface area (Å²) in [5.41, 5.74) is 2.37. The first-order valence-corrected chi connectivity index (χ1v) is 7.99. The Morgan fingerprint density at radius 2 is 1.55 bits per heavy atom. The summed E-state index contributed by atoms with van der Waals surface area (Å²) in [5.74, 6) is 0.154. The number of likely N-dealkylation sites (N-methyl/N-ethyl adjacent to an activating group) is 1. The normalized spacial score (nSPS) is 13.4. The van der Waals surface area contributed by atoms with Gasteiger partial charge in [0, 0.05) is 13.1 Å². The molecule has 0 spiro atoms. The van der Waals surface area contributed by atoms with Crippen LogP contribution in [0.25, 0.3) is 0 Å². The third-order valence-electron chi connectivity index (χ3n) is 4.29. The molecule has 0 fully saturated rings. The van der Waals surface area contributed by atoms with Crippen LogP contribution in [0.4, 0.5) is 0 Å². The van der Waals surface area contributed by atoms with Crippen LogP contribution in [0.2, 0.25) is 0 Å². The first-order valence-electron chi connectivity index (χ1n) is 7.99. The average molecular weight is 295 g/mol. The number of amides is 1. The van der Waals surface area contributed by atoms with E-state index in [1.807, 2.05) is 60.5 Å². The number of carbonyl (C=O) groups excluding carboxylic acids is 1. The van der Waals surface area contributed by atoms with E-state index in [9.17, 15) is 4.79 Å². The molecule has 2 aromatic rings. The largest absolute Gasteiger partial charge is 0.342 e. The maximum Gasteiger partial charge on any atom is 0.230 e. The number of carbonyl (C=O) groups is 1. The number of nitrogens with zero attached hydrogens (tertiary/aromatic N) is 1. The Morgan fingerprint density at radius 3 is 2.09 bits per heavy atom. The fraction of sp³-hybridized carbons (Fsp3) is 0.350. The fourth-order valence-corrected chi connectivity index (χ4v) is 2.79. The number of hydrogen-bond donors (Lipinski definition) is 0. The van der Waals surface area contributed by atoms with E-state index in [4.69, 9.17) is 0 Å². The number of rotatable bonds is 6. The van der Waals surface area contributed by atoms with Crippen LogP contribution in [0.5, 0.6) is 0 Å². The van der Waals surface area contributed by atoms with Gasteiger partial charge >= 0.3 is 0 Å². The summed E-state index contributed by atoms with van der Waals surface area (Å²) in [6, 6.07) is 20.6. The summed E-state index contributed by atoms with van der Waals surface area (Å²) >= 11 is 0. The van der Waals surface area contributed by atoms with Gasteiger partial charge in [-0.1, -0.05) is 67.6 Å². The van der Waals surface area contributed by atoms with E-state index in [1.165, 1.54) is 5.56 Å². The Kier molecular flexibility index (Phi) is 5.76. The molecule has 0 heterocycles. The fourth-order valence-electron chi connectivity index (χ4n) is 2.79. The molecule has 2 rings (SSSR count). The molecule has 0 saturated heterocycles. The van der Waals surface area contributed by atoms with Gasteiger partial charge in [-0.15, -0.1) is 0 Å². The van der Waals surface area contributed by atoms with E-state index in [-0.39, 0.29) is 17.9 Å². The zero-order valence-electron chi connectivity index (χ0n) is 13.7. The highest BCUT2D eigenvalue weighted by molar-refractivity contribution is 5.83. The van der Waals surface area contributed by atoms with Crippen molar-refractivity contribution in [2.24, 2.45) is 0 Å². The lowest BCUT2D eigenvalue weighted by atomic mass is 9.94. The third kappa shape index (κ3) is 3.97. The Morgan fingerprint density at radius 1 is 1.00 bits per heavy atom. The van der Waals surface area contributed by atoms with E-state index in [2.05, 4.69) is 26.0 Å². The molecule has 1 amide bonds. The molecule has 0 aliphatic rings. The molecular formula is C20H25NO. The summed E-state index contributed by atoms with van der Waals surface area (Å²) in [6.07, 6.45) is 1.71. The predicted octanol–water partition coefficient (Wildman–Crippen LogP) is 4.27. The molecule has 2 unspecified atom stereocenters. The highest BCUT2D eigenvalue weighted by atomic mass is 16.2. The summed E-state index contributed by atoms with van der Waals surface area (Å²) in [7, 11) is 1.92. The van der Waals surface area contributed by atoms with Crippen molar-refractivity contribution in [3.63, 3.8) is 0 Å². The van der Waals surface area contributed by atoms with Gasteiger partial charge in [0.25, 0.3) is 0 Å². The molecule has 0 aliphatic heterocycles. The molecule has 2 atom stereocenters. The van der Waals surface area contributed by atoms with Gasteiger partial charge in [-0.2, -0.15) is 0 Å². The van der Waals surface area contributed by atoms with Gasteiger partial charge in [0.15, 0.2) is 0 Å². The lowest BCUT2D eigenvalue weighted by Gasteiger charge is -2.29. The van der Waals surface area contributed by atoms with Crippen molar-refractivity contribution in [3.05, 3.63) is 71.8 Å². The minimum absolute atomic E-state index is 0.0515. The lowest BCUT2D eigenvalue weighted by Crippen LogP contribution is -2.39. The monoisotopic (exact) mass is 295 g/mol. The maximum absolute atomic E-state index is 12.8. The average Bonchev–Trinajstić information content (AvgIpc) is 2.56. The highest BCUT2D eigenvalue weighted by Gasteiger charge is 2.25. The van der Waals surface area contributed by atoms with Crippen LogP contribution in [-0.4, -0.2) is 23.9 Å². The van der Waals surface area contributed by atoms with Crippen molar-refractivity contribution in [3.8, 4) is 0 Å². The van der Waals surface area contributed by atoms with Gasteiger partial charge in [-0.3, -0.25) is 4.79 Å². The number of benzene rings is 2. The number of hydrogen-bond acceptors (Lipinski definition) is 1. The minimum Gasteiger partial charge on any atom is -0.342 e. The summed E-state index contributed by atoms with van der Waals surface area (Å²) < 4.78 is 0. The molecule has 0 radical (unpaired) electrons. The van der Waals surface area contributed by atoms with Crippen molar-refractivity contribution >= 4 is 5.91 Å². The molecule has 2 nitrogen and oxygen atoms in total. The van der Waals surface area contributed by atoms with Crippen molar-refractivity contribution in [2.75, 3.05) is 7.05 Å². The van der Waals surface area contributed by atoms with Gasteiger partial charge in [-0.05, 0) is 30.9 Å². The first kappa shape index (κ1) is 16.3. The standard InChI is InChI=1S/C20H25NO/c1-4-19(18-13-9-6-10-14-18)20(22)21(3)16(2)15-17-11-7-5-8-12-17/h5-14,16,19H,4,15H2,1-3H3. The molecule has 116 valence electrons. The van der Waals surface area contributed by atoms with Gasteiger partial charge < -0.3 is 4.90 Å². The molecule has 0 aromatic heterocycles. The summed E-state index contributed by atoms with van der Waals surface area (Å²) in [6.45, 7) is 4.19. The molecule has 0 bridgehead atoms. The Balaban J connectivity index is 2.07. The van der Waals surface area contributed by atoms with Crippen LogP contribution >= 0.6 is 0 Å². The van der Waals surface area contributed by atoms with Crippen LogP contribution < -0.4 is 0 Å². The molecule has 0 saturated carbocycles. The molecule has 2 heteroatoms. The van der Waals surface area contributed by atoms with Crippen molar-refractivity contribution in [1.82, 2.24) is 4.90 Å². The SMILES string of the molecule is CCC(C(=O)N(C)C(C)Cc1ccccc1)c1ccccc1. The Hall–Kier alpha value is -2.09. The molecular weight excluding hydrogens is 270 g/mol. The lowest BCUT2D eigenvalue weighted by molar-refractivity contribution is -0.133. The second kappa shape index (κ2) is 7.79. The zero-order chi connectivity index (χ0) is 15.9. The van der Waals surface area contributed by atoms with Crippen LogP contribution in [-0.2, 0) is 11.2 Å². The predicted molar refractivity (Wildman–Crippen MR) is 91.9 cm³/mol. The highest BCUT2D eigenvalue weighted by Crippen LogP contribution is 2.23. The van der Waals surface area contributed by atoms with Gasteiger partial charge in [-0.25, -0.2) is 0 Å². The Bertz CT molecular complexity index is 579. The van der Waals surface area contributed by atoms with E-state index < -0.39 is 0 Å². The van der Waals surface area contributed by atoms with E-state index in [0.29, 0.717) is 0 Å². The van der Waals surface area contributed by atoms with E-state index >= 15 is 0 Å². The molecule has 0 aliphatic carbocycles. The first-order chi connectivity index (χ1) is 10.6. The molecule has 22 heavy (non-hydrogen) atoms. The van der Waals surface area contributed by atoms with Crippen LogP contribution in [0.3, 0.4) is 0 Å². The molecule has 0 N–H and O–H groups in total. The Labute approximate surface area is 133 Å². The topological polar surface area (TPSA) is 20.3 Å². The molecule has 2 aromatic carbocycles. The summed E-state index contributed by atoms with van der Waals surface area (Å²) in [4.78, 5) is 14.7. The maximum atomic E-state index is 12.8. The van der Waals surface area contributed by atoms with Gasteiger partial charge in [0.2, 0.25) is 5.91 Å². The van der Waals surface area contributed by atoms with Crippen LogP contribution in [0.1, 0.15) is 37.3 Å². The van der Waals surface area contributed by atoms with Gasteiger partial charge in [0.1, 0.15) is 0 Å². The van der Waals surface area contributed by atoms with E-state index in [0.717, 1.165) is 18.4 Å².